The van der Waals surface area contributed by atoms with E-state index in [1.54, 1.807) is 37.7 Å². The highest BCUT2D eigenvalue weighted by atomic mass is 79.9. The van der Waals surface area contributed by atoms with Crippen molar-refractivity contribution in [1.29, 1.82) is 0 Å². The van der Waals surface area contributed by atoms with Gasteiger partial charge in [-0.2, -0.15) is 0 Å². The minimum absolute atomic E-state index is 0.0504. The highest BCUT2D eigenvalue weighted by Crippen LogP contribution is 2.25. The number of methoxy groups -OCH3 is 1. The Morgan fingerprint density at radius 3 is 2.81 bits per heavy atom. The van der Waals surface area contributed by atoms with Gasteiger partial charge in [-0.25, -0.2) is 0 Å². The van der Waals surface area contributed by atoms with E-state index in [1.807, 2.05) is 6.07 Å². The third kappa shape index (κ3) is 2.02. The van der Waals surface area contributed by atoms with Crippen LogP contribution in [0.3, 0.4) is 0 Å². The second kappa shape index (κ2) is 4.53. The predicted octanol–water partition coefficient (Wildman–Crippen LogP) is 3.02. The molecule has 0 aliphatic heterocycles. The summed E-state index contributed by atoms with van der Waals surface area (Å²) in [4.78, 5) is 14.9. The molecule has 0 spiro atoms. The van der Waals surface area contributed by atoms with Gasteiger partial charge in [0.15, 0.2) is 5.78 Å². The molecule has 16 heavy (non-hydrogen) atoms. The van der Waals surface area contributed by atoms with E-state index in [-0.39, 0.29) is 5.78 Å². The molecule has 0 saturated heterocycles. The summed E-state index contributed by atoms with van der Waals surface area (Å²) in [5.41, 5.74) is 1.19. The van der Waals surface area contributed by atoms with Crippen LogP contribution in [0.1, 0.15) is 15.9 Å². The Morgan fingerprint density at radius 2 is 2.19 bits per heavy atom. The number of aromatic nitrogens is 1. The molecule has 4 heteroatoms. The first-order valence-electron chi connectivity index (χ1n) is 4.73. The molecule has 0 saturated carbocycles. The van der Waals surface area contributed by atoms with Crippen molar-refractivity contribution in [2.75, 3.05) is 7.11 Å². The Hall–Kier alpha value is -1.55. The summed E-state index contributed by atoms with van der Waals surface area (Å²) in [5.74, 6) is 0.520. The molecule has 1 heterocycles. The quantitative estimate of drug-likeness (QED) is 0.878. The topological polar surface area (TPSA) is 42.1 Å². The zero-order chi connectivity index (χ0) is 11.5. The van der Waals surface area contributed by atoms with Crippen LogP contribution in [0.4, 0.5) is 0 Å². The second-order valence-corrected chi connectivity index (χ2v) is 4.19. The van der Waals surface area contributed by atoms with Crippen molar-refractivity contribution < 1.29 is 9.53 Å². The van der Waals surface area contributed by atoms with Gasteiger partial charge in [0.25, 0.3) is 0 Å². The maximum Gasteiger partial charge on any atom is 0.198 e. The standard InChI is InChI=1S/C12H10BrNO2/c1-16-11-6-9(13)2-3-10(11)12(15)8-4-5-14-7-8/h2-7,14H,1H3. The van der Waals surface area contributed by atoms with E-state index in [0.29, 0.717) is 16.9 Å². The van der Waals surface area contributed by atoms with Crippen LogP contribution < -0.4 is 4.74 Å². The molecule has 2 aromatic rings. The van der Waals surface area contributed by atoms with Gasteiger partial charge in [-0.15, -0.1) is 0 Å². The molecular weight excluding hydrogens is 270 g/mol. The van der Waals surface area contributed by atoms with E-state index < -0.39 is 0 Å². The molecular formula is C12H10BrNO2. The van der Waals surface area contributed by atoms with Gasteiger partial charge in [0.1, 0.15) is 5.75 Å². The summed E-state index contributed by atoms with van der Waals surface area (Å²) in [7, 11) is 1.55. The molecule has 1 aromatic carbocycles. The third-order valence-electron chi connectivity index (χ3n) is 2.27. The monoisotopic (exact) mass is 279 g/mol. The molecule has 0 fully saturated rings. The maximum absolute atomic E-state index is 12.1. The lowest BCUT2D eigenvalue weighted by Crippen LogP contribution is -2.02. The first-order valence-corrected chi connectivity index (χ1v) is 5.52. The Kier molecular flexibility index (Phi) is 3.10. The molecule has 0 atom stereocenters. The van der Waals surface area contributed by atoms with Crippen molar-refractivity contribution in [3.8, 4) is 5.75 Å². The summed E-state index contributed by atoms with van der Waals surface area (Å²) in [6.07, 6.45) is 3.39. The summed E-state index contributed by atoms with van der Waals surface area (Å²) in [5, 5.41) is 0. The average molecular weight is 280 g/mol. The Morgan fingerprint density at radius 1 is 1.38 bits per heavy atom. The van der Waals surface area contributed by atoms with Crippen LogP contribution in [0.15, 0.2) is 41.1 Å². The number of carbonyl (C=O) groups is 1. The molecule has 2 rings (SSSR count). The molecule has 0 aliphatic carbocycles. The van der Waals surface area contributed by atoms with Crippen LogP contribution in [-0.4, -0.2) is 17.9 Å². The summed E-state index contributed by atoms with van der Waals surface area (Å²) in [6, 6.07) is 7.09. The molecule has 1 N–H and O–H groups in total. The van der Waals surface area contributed by atoms with Crippen molar-refractivity contribution >= 4 is 21.7 Å². The Balaban J connectivity index is 2.44. The number of benzene rings is 1. The minimum atomic E-state index is -0.0504. The van der Waals surface area contributed by atoms with E-state index in [2.05, 4.69) is 20.9 Å². The first kappa shape index (κ1) is 11.0. The smallest absolute Gasteiger partial charge is 0.198 e. The predicted molar refractivity (Wildman–Crippen MR) is 64.9 cm³/mol. The van der Waals surface area contributed by atoms with E-state index in [1.165, 1.54) is 0 Å². The maximum atomic E-state index is 12.1. The largest absolute Gasteiger partial charge is 0.496 e. The van der Waals surface area contributed by atoms with Gasteiger partial charge < -0.3 is 9.72 Å². The number of halogens is 1. The zero-order valence-corrected chi connectivity index (χ0v) is 10.2. The van der Waals surface area contributed by atoms with Crippen LogP contribution >= 0.6 is 15.9 Å². The van der Waals surface area contributed by atoms with E-state index in [9.17, 15) is 4.79 Å². The lowest BCUT2D eigenvalue weighted by Gasteiger charge is -2.06. The van der Waals surface area contributed by atoms with Crippen molar-refractivity contribution in [2.24, 2.45) is 0 Å². The Labute approximate surface area is 102 Å². The van der Waals surface area contributed by atoms with E-state index >= 15 is 0 Å². The SMILES string of the molecule is COc1cc(Br)ccc1C(=O)c1cc[nH]c1. The molecule has 0 amide bonds. The number of hydrogen-bond acceptors (Lipinski definition) is 2. The zero-order valence-electron chi connectivity index (χ0n) is 8.66. The van der Waals surface area contributed by atoms with Crippen molar-refractivity contribution in [3.05, 3.63) is 52.3 Å². The second-order valence-electron chi connectivity index (χ2n) is 3.27. The highest BCUT2D eigenvalue weighted by molar-refractivity contribution is 9.10. The number of hydrogen-bond donors (Lipinski definition) is 1. The molecule has 0 bridgehead atoms. The molecule has 0 radical (unpaired) electrons. The number of ketones is 1. The fourth-order valence-corrected chi connectivity index (χ4v) is 1.81. The van der Waals surface area contributed by atoms with Gasteiger partial charge in [-0.1, -0.05) is 15.9 Å². The van der Waals surface area contributed by atoms with Crippen LogP contribution in [0.2, 0.25) is 0 Å². The van der Waals surface area contributed by atoms with Gasteiger partial charge >= 0.3 is 0 Å². The Bertz CT molecular complexity index is 506. The number of rotatable bonds is 3. The normalized spacial score (nSPS) is 10.1. The molecule has 0 aliphatic rings. The number of carbonyl (C=O) groups excluding carboxylic acids is 1. The van der Waals surface area contributed by atoms with Crippen LogP contribution in [0.5, 0.6) is 5.75 Å². The lowest BCUT2D eigenvalue weighted by atomic mass is 10.1. The van der Waals surface area contributed by atoms with Crippen LogP contribution in [-0.2, 0) is 0 Å². The molecule has 82 valence electrons. The average Bonchev–Trinajstić information content (AvgIpc) is 2.81. The molecule has 3 nitrogen and oxygen atoms in total. The van der Waals surface area contributed by atoms with E-state index in [4.69, 9.17) is 4.74 Å². The van der Waals surface area contributed by atoms with Crippen LogP contribution in [0, 0.1) is 0 Å². The van der Waals surface area contributed by atoms with E-state index in [0.717, 1.165) is 4.47 Å². The fraction of sp³-hybridized carbons (Fsp3) is 0.0833. The first-order chi connectivity index (χ1) is 7.72. The number of nitrogens with one attached hydrogen (secondary N) is 1. The summed E-state index contributed by atoms with van der Waals surface area (Å²) in [6.45, 7) is 0. The minimum Gasteiger partial charge on any atom is -0.496 e. The van der Waals surface area contributed by atoms with Crippen molar-refractivity contribution in [1.82, 2.24) is 4.98 Å². The van der Waals surface area contributed by atoms with Gasteiger partial charge in [-0.3, -0.25) is 4.79 Å². The number of aromatic amines is 1. The van der Waals surface area contributed by atoms with Gasteiger partial charge in [-0.05, 0) is 24.3 Å². The van der Waals surface area contributed by atoms with Crippen molar-refractivity contribution in [3.63, 3.8) is 0 Å². The number of H-pyrrole nitrogens is 1. The highest BCUT2D eigenvalue weighted by Gasteiger charge is 2.14. The van der Waals surface area contributed by atoms with Crippen LogP contribution in [0.25, 0.3) is 0 Å². The van der Waals surface area contributed by atoms with Gasteiger partial charge in [0.2, 0.25) is 0 Å². The van der Waals surface area contributed by atoms with Gasteiger partial charge in [0.05, 0.1) is 12.7 Å². The lowest BCUT2D eigenvalue weighted by molar-refractivity contribution is 0.103. The molecule has 0 unspecified atom stereocenters. The fourth-order valence-electron chi connectivity index (χ4n) is 1.47. The van der Waals surface area contributed by atoms with Gasteiger partial charge in [0, 0.05) is 22.4 Å². The third-order valence-corrected chi connectivity index (χ3v) is 2.76. The molecule has 1 aromatic heterocycles. The van der Waals surface area contributed by atoms with Crippen molar-refractivity contribution in [2.45, 2.75) is 0 Å². The number of ether oxygens (including phenoxy) is 1. The summed E-state index contributed by atoms with van der Waals surface area (Å²) >= 11 is 3.34. The summed E-state index contributed by atoms with van der Waals surface area (Å²) < 4.78 is 6.07.